The van der Waals surface area contributed by atoms with Crippen LogP contribution in [-0.2, 0) is 0 Å². The molecule has 0 radical (unpaired) electrons. The SMILES string of the molecule is O=C(NN1CCC(CCN2CCN(c3cccc(Cl)c3Cl)CC2)CC1)c1ccc(F)cc1. The molecule has 2 aromatic carbocycles. The Morgan fingerprint density at radius 2 is 1.66 bits per heavy atom. The summed E-state index contributed by atoms with van der Waals surface area (Å²) in [5, 5.41) is 3.23. The molecule has 2 heterocycles. The van der Waals surface area contributed by atoms with E-state index in [0.717, 1.165) is 64.3 Å². The van der Waals surface area contributed by atoms with E-state index >= 15 is 0 Å². The van der Waals surface area contributed by atoms with Gasteiger partial charge in [-0.05, 0) is 68.1 Å². The number of nitrogens with one attached hydrogen (secondary N) is 1. The van der Waals surface area contributed by atoms with Crippen molar-refractivity contribution >= 4 is 34.8 Å². The van der Waals surface area contributed by atoms with Gasteiger partial charge < -0.3 is 4.90 Å². The van der Waals surface area contributed by atoms with Gasteiger partial charge in [-0.15, -0.1) is 0 Å². The smallest absolute Gasteiger partial charge is 0.265 e. The summed E-state index contributed by atoms with van der Waals surface area (Å²) in [6, 6.07) is 11.4. The van der Waals surface area contributed by atoms with Gasteiger partial charge in [0.05, 0.1) is 15.7 Å². The molecule has 0 spiro atoms. The molecular weight excluding hydrogens is 450 g/mol. The number of hydrogen-bond acceptors (Lipinski definition) is 4. The van der Waals surface area contributed by atoms with Crippen molar-refractivity contribution < 1.29 is 9.18 Å². The first-order valence-corrected chi connectivity index (χ1v) is 12.0. The molecule has 0 saturated carbocycles. The zero-order chi connectivity index (χ0) is 22.5. The van der Waals surface area contributed by atoms with Crippen molar-refractivity contribution in [3.63, 3.8) is 0 Å². The molecule has 0 aromatic heterocycles. The van der Waals surface area contributed by atoms with Crippen molar-refractivity contribution in [2.75, 3.05) is 50.7 Å². The Bertz CT molecular complexity index is 911. The number of piperidine rings is 1. The van der Waals surface area contributed by atoms with Gasteiger partial charge in [-0.3, -0.25) is 15.1 Å². The van der Waals surface area contributed by atoms with Crippen LogP contribution in [0.15, 0.2) is 42.5 Å². The first-order valence-electron chi connectivity index (χ1n) is 11.2. The molecule has 0 bridgehead atoms. The quantitative estimate of drug-likeness (QED) is 0.652. The van der Waals surface area contributed by atoms with Gasteiger partial charge >= 0.3 is 0 Å². The summed E-state index contributed by atoms with van der Waals surface area (Å²) in [4.78, 5) is 17.1. The average Bonchev–Trinajstić information content (AvgIpc) is 2.81. The molecule has 0 unspecified atom stereocenters. The third-order valence-electron chi connectivity index (χ3n) is 6.48. The number of amides is 1. The van der Waals surface area contributed by atoms with Crippen LogP contribution in [0.3, 0.4) is 0 Å². The van der Waals surface area contributed by atoms with Gasteiger partial charge in [-0.25, -0.2) is 9.40 Å². The molecule has 2 saturated heterocycles. The Balaban J connectivity index is 1.15. The molecule has 2 aliphatic rings. The first kappa shape index (κ1) is 23.3. The van der Waals surface area contributed by atoms with E-state index < -0.39 is 0 Å². The lowest BCUT2D eigenvalue weighted by Gasteiger charge is -2.38. The van der Waals surface area contributed by atoms with Gasteiger partial charge in [-0.1, -0.05) is 29.3 Å². The molecule has 5 nitrogen and oxygen atoms in total. The van der Waals surface area contributed by atoms with E-state index in [1.165, 1.54) is 30.7 Å². The summed E-state index contributed by atoms with van der Waals surface area (Å²) in [7, 11) is 0. The minimum Gasteiger partial charge on any atom is -0.368 e. The third kappa shape index (κ3) is 5.93. The number of hydrazine groups is 1. The number of rotatable bonds is 6. The van der Waals surface area contributed by atoms with Gasteiger partial charge in [0, 0.05) is 44.8 Å². The lowest BCUT2D eigenvalue weighted by molar-refractivity contribution is 0.0687. The standard InChI is InChI=1S/C24H29Cl2FN4O/c25-21-2-1-3-22(23(21)26)30-16-14-29(15-17-30)11-8-18-9-12-31(13-10-18)28-24(32)19-4-6-20(27)7-5-19/h1-7,18H,8-17H2,(H,28,32). The highest BCUT2D eigenvalue weighted by atomic mass is 35.5. The van der Waals surface area contributed by atoms with Crippen LogP contribution in [0, 0.1) is 11.7 Å². The number of carbonyl (C=O) groups is 1. The largest absolute Gasteiger partial charge is 0.368 e. The van der Waals surface area contributed by atoms with Crippen LogP contribution >= 0.6 is 23.2 Å². The van der Waals surface area contributed by atoms with Gasteiger partial charge in [0.25, 0.3) is 5.91 Å². The van der Waals surface area contributed by atoms with Crippen LogP contribution in [0.5, 0.6) is 0 Å². The predicted octanol–water partition coefficient (Wildman–Crippen LogP) is 4.70. The van der Waals surface area contributed by atoms with Crippen molar-refractivity contribution in [1.29, 1.82) is 0 Å². The summed E-state index contributed by atoms with van der Waals surface area (Å²) in [5.41, 5.74) is 4.45. The Morgan fingerprint density at radius 3 is 2.34 bits per heavy atom. The van der Waals surface area contributed by atoms with Gasteiger partial charge in [0.2, 0.25) is 0 Å². The van der Waals surface area contributed by atoms with E-state index in [2.05, 4.69) is 15.2 Å². The molecule has 172 valence electrons. The summed E-state index contributed by atoms with van der Waals surface area (Å²) in [5.74, 6) is 0.160. The van der Waals surface area contributed by atoms with Crippen LogP contribution in [0.25, 0.3) is 0 Å². The average molecular weight is 479 g/mol. The summed E-state index contributed by atoms with van der Waals surface area (Å²) >= 11 is 12.5. The summed E-state index contributed by atoms with van der Waals surface area (Å²) in [6.45, 7) is 6.74. The maximum Gasteiger partial charge on any atom is 0.265 e. The highest BCUT2D eigenvalue weighted by Crippen LogP contribution is 2.33. The van der Waals surface area contributed by atoms with Crippen molar-refractivity contribution in [1.82, 2.24) is 15.3 Å². The zero-order valence-corrected chi connectivity index (χ0v) is 19.6. The number of anilines is 1. The molecule has 2 aliphatic heterocycles. The van der Waals surface area contributed by atoms with Crippen LogP contribution in [0.1, 0.15) is 29.6 Å². The third-order valence-corrected chi connectivity index (χ3v) is 7.29. The molecule has 1 amide bonds. The summed E-state index contributed by atoms with van der Waals surface area (Å²) in [6.07, 6.45) is 3.32. The lowest BCUT2D eigenvalue weighted by Crippen LogP contribution is -2.48. The number of piperazine rings is 1. The van der Waals surface area contributed by atoms with Crippen LogP contribution in [0.4, 0.5) is 10.1 Å². The van der Waals surface area contributed by atoms with E-state index in [0.29, 0.717) is 21.5 Å². The second-order valence-electron chi connectivity index (χ2n) is 8.57. The molecule has 8 heteroatoms. The minimum absolute atomic E-state index is 0.180. The van der Waals surface area contributed by atoms with Crippen LogP contribution in [0.2, 0.25) is 10.0 Å². The molecule has 1 N–H and O–H groups in total. The van der Waals surface area contributed by atoms with Crippen LogP contribution < -0.4 is 10.3 Å². The van der Waals surface area contributed by atoms with E-state index in [4.69, 9.17) is 23.2 Å². The van der Waals surface area contributed by atoms with Crippen LogP contribution in [-0.4, -0.2) is 61.6 Å². The Hall–Kier alpha value is -1.86. The van der Waals surface area contributed by atoms with E-state index in [1.54, 1.807) is 0 Å². The van der Waals surface area contributed by atoms with E-state index in [1.807, 2.05) is 23.2 Å². The maximum absolute atomic E-state index is 13.0. The Morgan fingerprint density at radius 1 is 0.969 bits per heavy atom. The van der Waals surface area contributed by atoms with E-state index in [9.17, 15) is 9.18 Å². The molecular formula is C24H29Cl2FN4O. The zero-order valence-electron chi connectivity index (χ0n) is 18.1. The molecule has 2 aromatic rings. The number of nitrogens with zero attached hydrogens (tertiary/aromatic N) is 3. The van der Waals surface area contributed by atoms with E-state index in [-0.39, 0.29) is 11.7 Å². The molecule has 0 aliphatic carbocycles. The number of carbonyl (C=O) groups excluding carboxylic acids is 1. The Kier molecular flexibility index (Phi) is 7.89. The predicted molar refractivity (Wildman–Crippen MR) is 128 cm³/mol. The molecule has 2 fully saturated rings. The molecule has 0 atom stereocenters. The van der Waals surface area contributed by atoms with Gasteiger partial charge in [-0.2, -0.15) is 0 Å². The minimum atomic E-state index is -0.336. The van der Waals surface area contributed by atoms with Gasteiger partial charge in [0.15, 0.2) is 0 Å². The van der Waals surface area contributed by atoms with Crippen molar-refractivity contribution in [3.05, 3.63) is 63.9 Å². The second kappa shape index (κ2) is 10.8. The number of halogens is 3. The summed E-state index contributed by atoms with van der Waals surface area (Å²) < 4.78 is 13.0. The fourth-order valence-corrected chi connectivity index (χ4v) is 4.87. The lowest BCUT2D eigenvalue weighted by atomic mass is 9.94. The first-order chi connectivity index (χ1) is 15.5. The monoisotopic (exact) mass is 478 g/mol. The van der Waals surface area contributed by atoms with Crippen molar-refractivity contribution in [2.24, 2.45) is 5.92 Å². The number of hydrogen-bond donors (Lipinski definition) is 1. The fraction of sp³-hybridized carbons (Fsp3) is 0.458. The van der Waals surface area contributed by atoms with Gasteiger partial charge in [0.1, 0.15) is 5.82 Å². The normalized spacial score (nSPS) is 18.7. The highest BCUT2D eigenvalue weighted by molar-refractivity contribution is 6.43. The Labute approximate surface area is 199 Å². The highest BCUT2D eigenvalue weighted by Gasteiger charge is 2.23. The molecule has 32 heavy (non-hydrogen) atoms. The fourth-order valence-electron chi connectivity index (χ4n) is 4.46. The van der Waals surface area contributed by atoms with Crippen molar-refractivity contribution in [3.8, 4) is 0 Å². The topological polar surface area (TPSA) is 38.8 Å². The molecule has 4 rings (SSSR count). The van der Waals surface area contributed by atoms with Crippen molar-refractivity contribution in [2.45, 2.75) is 19.3 Å². The number of benzene rings is 2. The second-order valence-corrected chi connectivity index (χ2v) is 9.35. The maximum atomic E-state index is 13.0.